The number of aromatic nitrogens is 2. The molecule has 0 unspecified atom stereocenters. The van der Waals surface area contributed by atoms with E-state index >= 15 is 0 Å². The summed E-state index contributed by atoms with van der Waals surface area (Å²) in [6.07, 6.45) is 0. The molecule has 0 aliphatic rings. The van der Waals surface area contributed by atoms with Gasteiger partial charge in [0.05, 0.1) is 16.7 Å². The lowest BCUT2D eigenvalue weighted by Gasteiger charge is -2.12. The van der Waals surface area contributed by atoms with Gasteiger partial charge >= 0.3 is 5.69 Å². The van der Waals surface area contributed by atoms with Gasteiger partial charge in [-0.2, -0.15) is 4.98 Å². The minimum absolute atomic E-state index is 0.202. The Morgan fingerprint density at radius 2 is 1.89 bits per heavy atom. The standard InChI is InChI=1S/C13H12BrIN2O/c1-8-12(14)9(2)17(13(18)16-8)7-10-3-5-11(15)6-4-10/h3-6H,7H2,1-2H3. The normalized spacial score (nSPS) is 10.7. The lowest BCUT2D eigenvalue weighted by Crippen LogP contribution is -2.26. The largest absolute Gasteiger partial charge is 0.348 e. The molecule has 3 nitrogen and oxygen atoms in total. The number of rotatable bonds is 2. The van der Waals surface area contributed by atoms with Crippen molar-refractivity contribution in [3.05, 3.63) is 59.7 Å². The predicted octanol–water partition coefficient (Wildman–Crippen LogP) is 3.28. The van der Waals surface area contributed by atoms with Crippen molar-refractivity contribution in [2.45, 2.75) is 20.4 Å². The number of hydrogen-bond acceptors (Lipinski definition) is 2. The highest BCUT2D eigenvalue weighted by Gasteiger charge is 2.09. The second kappa shape index (κ2) is 5.52. The molecule has 0 radical (unpaired) electrons. The van der Waals surface area contributed by atoms with Gasteiger partial charge < -0.3 is 0 Å². The third kappa shape index (κ3) is 2.83. The Kier molecular flexibility index (Phi) is 4.21. The minimum atomic E-state index is -0.202. The number of aryl methyl sites for hydroxylation is 1. The van der Waals surface area contributed by atoms with E-state index in [-0.39, 0.29) is 5.69 Å². The number of halogens is 2. The van der Waals surface area contributed by atoms with Crippen LogP contribution in [0.4, 0.5) is 0 Å². The van der Waals surface area contributed by atoms with Crippen molar-refractivity contribution in [2.75, 3.05) is 0 Å². The lowest BCUT2D eigenvalue weighted by molar-refractivity contribution is 0.688. The molecule has 0 amide bonds. The van der Waals surface area contributed by atoms with Crippen molar-refractivity contribution in [1.82, 2.24) is 9.55 Å². The van der Waals surface area contributed by atoms with Gasteiger partial charge in [0.1, 0.15) is 0 Å². The molecule has 1 aromatic carbocycles. The number of benzene rings is 1. The van der Waals surface area contributed by atoms with E-state index in [0.717, 1.165) is 21.4 Å². The van der Waals surface area contributed by atoms with Crippen molar-refractivity contribution in [3.8, 4) is 0 Å². The molecule has 2 aromatic rings. The average Bonchev–Trinajstić information content (AvgIpc) is 2.34. The van der Waals surface area contributed by atoms with E-state index in [9.17, 15) is 4.79 Å². The first kappa shape index (κ1) is 13.7. The van der Waals surface area contributed by atoms with Crippen molar-refractivity contribution >= 4 is 38.5 Å². The van der Waals surface area contributed by atoms with E-state index in [1.165, 1.54) is 3.57 Å². The highest BCUT2D eigenvalue weighted by atomic mass is 127. The molecule has 0 bridgehead atoms. The van der Waals surface area contributed by atoms with E-state index in [0.29, 0.717) is 6.54 Å². The van der Waals surface area contributed by atoms with E-state index in [1.54, 1.807) is 4.57 Å². The van der Waals surface area contributed by atoms with Gasteiger partial charge in [-0.1, -0.05) is 12.1 Å². The van der Waals surface area contributed by atoms with Crippen LogP contribution in [0.15, 0.2) is 33.5 Å². The Hall–Kier alpha value is -0.690. The molecule has 0 saturated heterocycles. The molecule has 0 fully saturated rings. The molecular formula is C13H12BrIN2O. The molecule has 5 heteroatoms. The van der Waals surface area contributed by atoms with Crippen LogP contribution in [0.3, 0.4) is 0 Å². The Bertz CT molecular complexity index is 635. The molecule has 1 heterocycles. The lowest BCUT2D eigenvalue weighted by atomic mass is 10.2. The molecule has 0 aliphatic heterocycles. The quantitative estimate of drug-likeness (QED) is 0.701. The Labute approximate surface area is 128 Å². The van der Waals surface area contributed by atoms with Gasteiger partial charge in [-0.3, -0.25) is 4.57 Å². The Morgan fingerprint density at radius 3 is 2.50 bits per heavy atom. The molecule has 0 saturated carbocycles. The first-order chi connectivity index (χ1) is 8.49. The van der Waals surface area contributed by atoms with Gasteiger partial charge in [0.25, 0.3) is 0 Å². The van der Waals surface area contributed by atoms with Crippen LogP contribution in [0.2, 0.25) is 0 Å². The Morgan fingerprint density at radius 1 is 1.28 bits per heavy atom. The monoisotopic (exact) mass is 418 g/mol. The van der Waals surface area contributed by atoms with Crippen LogP contribution in [0.25, 0.3) is 0 Å². The molecule has 18 heavy (non-hydrogen) atoms. The molecule has 0 aliphatic carbocycles. The van der Waals surface area contributed by atoms with Crippen molar-refractivity contribution in [3.63, 3.8) is 0 Å². The van der Waals surface area contributed by atoms with Crippen molar-refractivity contribution in [2.24, 2.45) is 0 Å². The maximum atomic E-state index is 11.9. The van der Waals surface area contributed by atoms with Gasteiger partial charge in [-0.05, 0) is 70.1 Å². The third-order valence-corrected chi connectivity index (χ3v) is 4.66. The van der Waals surface area contributed by atoms with Gasteiger partial charge in [-0.15, -0.1) is 0 Å². The van der Waals surface area contributed by atoms with E-state index in [1.807, 2.05) is 38.1 Å². The first-order valence-electron chi connectivity index (χ1n) is 5.47. The summed E-state index contributed by atoms with van der Waals surface area (Å²) in [6, 6.07) is 8.13. The average molecular weight is 419 g/mol. The molecule has 0 atom stereocenters. The summed E-state index contributed by atoms with van der Waals surface area (Å²) in [5.74, 6) is 0. The van der Waals surface area contributed by atoms with Crippen LogP contribution < -0.4 is 5.69 Å². The molecule has 2 rings (SSSR count). The predicted molar refractivity (Wildman–Crippen MR) is 83.9 cm³/mol. The van der Waals surface area contributed by atoms with Gasteiger partial charge in [0.2, 0.25) is 0 Å². The molecule has 1 aromatic heterocycles. The summed E-state index contributed by atoms with van der Waals surface area (Å²) in [5.41, 5.74) is 2.53. The topological polar surface area (TPSA) is 34.9 Å². The SMILES string of the molecule is Cc1nc(=O)n(Cc2ccc(I)cc2)c(C)c1Br. The molecule has 94 valence electrons. The van der Waals surface area contributed by atoms with Crippen LogP contribution in [0.1, 0.15) is 17.0 Å². The fourth-order valence-corrected chi connectivity index (χ4v) is 2.40. The Balaban J connectivity index is 2.44. The fraction of sp³-hybridized carbons (Fsp3) is 0.231. The van der Waals surface area contributed by atoms with Crippen molar-refractivity contribution < 1.29 is 0 Å². The second-order valence-corrected chi connectivity index (χ2v) is 6.13. The summed E-state index contributed by atoms with van der Waals surface area (Å²) < 4.78 is 3.76. The second-order valence-electron chi connectivity index (χ2n) is 4.09. The fourth-order valence-electron chi connectivity index (χ4n) is 1.74. The number of hydrogen-bond donors (Lipinski definition) is 0. The highest BCUT2D eigenvalue weighted by Crippen LogP contribution is 2.17. The van der Waals surface area contributed by atoms with Crippen molar-refractivity contribution in [1.29, 1.82) is 0 Å². The van der Waals surface area contributed by atoms with Gasteiger partial charge in [-0.25, -0.2) is 4.79 Å². The summed E-state index contributed by atoms with van der Waals surface area (Å²) in [7, 11) is 0. The molecular weight excluding hydrogens is 407 g/mol. The molecule has 0 spiro atoms. The highest BCUT2D eigenvalue weighted by molar-refractivity contribution is 14.1. The van der Waals surface area contributed by atoms with Gasteiger partial charge in [0.15, 0.2) is 0 Å². The van der Waals surface area contributed by atoms with Crippen LogP contribution in [-0.4, -0.2) is 9.55 Å². The van der Waals surface area contributed by atoms with Crippen LogP contribution in [0, 0.1) is 17.4 Å². The van der Waals surface area contributed by atoms with Crippen LogP contribution >= 0.6 is 38.5 Å². The van der Waals surface area contributed by atoms with Gasteiger partial charge in [0, 0.05) is 9.26 Å². The smallest absolute Gasteiger partial charge is 0.291 e. The zero-order valence-electron chi connectivity index (χ0n) is 10.1. The molecule has 0 N–H and O–H groups in total. The van der Waals surface area contributed by atoms with E-state index < -0.39 is 0 Å². The van der Waals surface area contributed by atoms with Crippen LogP contribution in [0.5, 0.6) is 0 Å². The maximum absolute atomic E-state index is 11.9. The zero-order chi connectivity index (χ0) is 13.3. The maximum Gasteiger partial charge on any atom is 0.348 e. The van der Waals surface area contributed by atoms with Crippen LogP contribution in [-0.2, 0) is 6.54 Å². The van der Waals surface area contributed by atoms with E-state index in [4.69, 9.17) is 0 Å². The summed E-state index contributed by atoms with van der Waals surface area (Å²) in [5, 5.41) is 0. The zero-order valence-corrected chi connectivity index (χ0v) is 13.8. The summed E-state index contributed by atoms with van der Waals surface area (Å²) >= 11 is 5.73. The third-order valence-electron chi connectivity index (χ3n) is 2.79. The first-order valence-corrected chi connectivity index (χ1v) is 7.34. The minimum Gasteiger partial charge on any atom is -0.291 e. The summed E-state index contributed by atoms with van der Waals surface area (Å²) in [6.45, 7) is 4.30. The number of nitrogens with zero attached hydrogens (tertiary/aromatic N) is 2. The summed E-state index contributed by atoms with van der Waals surface area (Å²) in [4.78, 5) is 15.9. The van der Waals surface area contributed by atoms with E-state index in [2.05, 4.69) is 43.5 Å².